The summed E-state index contributed by atoms with van der Waals surface area (Å²) >= 11 is 0. The van der Waals surface area contributed by atoms with Crippen molar-refractivity contribution in [2.24, 2.45) is 5.92 Å². The number of benzene rings is 3. The maximum Gasteiger partial charge on any atom is 0.329 e. The molecule has 1 heterocycles. The third-order valence-electron chi connectivity index (χ3n) is 12.9. The number of amides is 3. The number of esters is 3. The molecule has 4 aromatic rings. The van der Waals surface area contributed by atoms with Crippen molar-refractivity contribution in [2.45, 2.75) is 220 Å². The fourth-order valence-corrected chi connectivity index (χ4v) is 8.93. The molecule has 82 heavy (non-hydrogen) atoms. The van der Waals surface area contributed by atoms with Crippen LogP contribution in [0.5, 0.6) is 0 Å². The Labute approximate surface area is 486 Å². The van der Waals surface area contributed by atoms with E-state index in [0.717, 1.165) is 43.2 Å². The number of aromatic nitrogens is 3. The van der Waals surface area contributed by atoms with Gasteiger partial charge in [-0.2, -0.15) is 0 Å². The number of rotatable bonds is 37. The minimum Gasteiger partial charge on any atom is -0.460 e. The number of ether oxygens (including phenoxy) is 4. The van der Waals surface area contributed by atoms with E-state index in [0.29, 0.717) is 83.5 Å². The Balaban J connectivity index is 1.17. The summed E-state index contributed by atoms with van der Waals surface area (Å²) in [5, 5.41) is 20.2. The lowest BCUT2D eigenvalue weighted by Gasteiger charge is -2.27. The summed E-state index contributed by atoms with van der Waals surface area (Å²) in [6.45, 7) is 18.2. The van der Waals surface area contributed by atoms with Crippen LogP contribution in [0, 0.1) is 5.92 Å². The molecule has 3 amide bonds. The van der Waals surface area contributed by atoms with Gasteiger partial charge in [0.15, 0.2) is 5.78 Å². The first kappa shape index (κ1) is 67.7. The van der Waals surface area contributed by atoms with Crippen LogP contribution in [0.1, 0.15) is 175 Å². The smallest absolute Gasteiger partial charge is 0.329 e. The van der Waals surface area contributed by atoms with Crippen LogP contribution in [-0.2, 0) is 80.3 Å². The molecule has 0 saturated carbocycles. The normalized spacial score (nSPS) is 13.2. The van der Waals surface area contributed by atoms with Crippen molar-refractivity contribution < 1.29 is 52.5 Å². The quantitative estimate of drug-likeness (QED) is 0.0187. The van der Waals surface area contributed by atoms with E-state index in [1.54, 1.807) is 67.0 Å². The van der Waals surface area contributed by atoms with Crippen molar-refractivity contribution in [3.8, 4) is 0 Å². The summed E-state index contributed by atoms with van der Waals surface area (Å²) in [4.78, 5) is 93.5. The van der Waals surface area contributed by atoms with Crippen molar-refractivity contribution in [1.29, 1.82) is 0 Å². The Morgan fingerprint density at radius 1 is 0.549 bits per heavy atom. The van der Waals surface area contributed by atoms with Crippen LogP contribution in [0.2, 0.25) is 0 Å². The molecule has 18 nitrogen and oxygen atoms in total. The molecule has 1 unspecified atom stereocenters. The van der Waals surface area contributed by atoms with Crippen molar-refractivity contribution in [1.82, 2.24) is 36.3 Å². The van der Waals surface area contributed by atoms with Gasteiger partial charge in [-0.25, -0.2) is 14.4 Å². The predicted octanol–water partition coefficient (Wildman–Crippen LogP) is 9.83. The summed E-state index contributed by atoms with van der Waals surface area (Å²) in [5.41, 5.74) is 1.37. The first-order valence-electron chi connectivity index (χ1n) is 29.3. The van der Waals surface area contributed by atoms with Gasteiger partial charge in [-0.05, 0) is 143 Å². The second kappa shape index (κ2) is 35.3. The largest absolute Gasteiger partial charge is 0.460 e. The van der Waals surface area contributed by atoms with Gasteiger partial charge >= 0.3 is 23.9 Å². The molecule has 450 valence electrons. The highest BCUT2D eigenvalue weighted by atomic mass is 16.6. The number of nitrogens with one attached hydrogen (secondary N) is 4. The Bertz CT molecular complexity index is 2560. The molecule has 0 saturated heterocycles. The van der Waals surface area contributed by atoms with Crippen molar-refractivity contribution >= 4 is 41.4 Å². The number of ketones is 2. The Kier molecular flexibility index (Phi) is 29.1. The molecule has 1 aromatic heterocycles. The lowest BCUT2D eigenvalue weighted by molar-refractivity contribution is -0.159. The Morgan fingerprint density at radius 3 is 1.70 bits per heavy atom. The van der Waals surface area contributed by atoms with Crippen molar-refractivity contribution in [3.05, 3.63) is 120 Å². The first-order valence-corrected chi connectivity index (χ1v) is 29.3. The van der Waals surface area contributed by atoms with E-state index in [1.165, 1.54) is 5.56 Å². The van der Waals surface area contributed by atoms with E-state index < -0.39 is 64.8 Å². The molecule has 3 aromatic carbocycles. The maximum atomic E-state index is 14.1. The van der Waals surface area contributed by atoms with Crippen molar-refractivity contribution in [3.63, 3.8) is 0 Å². The van der Waals surface area contributed by atoms with Gasteiger partial charge in [-0.15, -0.1) is 5.10 Å². The van der Waals surface area contributed by atoms with E-state index in [-0.39, 0.29) is 43.2 Å². The van der Waals surface area contributed by atoms with Crippen LogP contribution < -0.4 is 21.3 Å². The molecule has 4 N–H and O–H groups in total. The number of aryl methyl sites for hydroxylation is 1. The number of hydrogen-bond acceptors (Lipinski definition) is 14. The predicted molar refractivity (Wildman–Crippen MR) is 315 cm³/mol. The number of carbonyl (C=O) groups excluding carboxylic acids is 7. The highest BCUT2D eigenvalue weighted by molar-refractivity contribution is 5.92. The zero-order valence-corrected chi connectivity index (χ0v) is 50.2. The van der Waals surface area contributed by atoms with Crippen molar-refractivity contribution in [2.75, 3.05) is 13.2 Å². The Hall–Kier alpha value is -6.79. The minimum atomic E-state index is -1.19. The van der Waals surface area contributed by atoms with Gasteiger partial charge in [0, 0.05) is 51.3 Å². The van der Waals surface area contributed by atoms with Gasteiger partial charge < -0.3 is 40.2 Å². The maximum absolute atomic E-state index is 14.1. The molecule has 4 atom stereocenters. The van der Waals surface area contributed by atoms with Crippen LogP contribution in [0.25, 0.3) is 0 Å². The van der Waals surface area contributed by atoms with E-state index in [9.17, 15) is 33.6 Å². The molecule has 0 spiro atoms. The number of unbranched alkanes of at least 4 members (excludes halogenated alkanes) is 5. The molecule has 0 radical (unpaired) electrons. The van der Waals surface area contributed by atoms with Crippen LogP contribution in [0.3, 0.4) is 0 Å². The van der Waals surface area contributed by atoms with Gasteiger partial charge in [-0.1, -0.05) is 115 Å². The lowest BCUT2D eigenvalue weighted by atomic mass is 9.90. The van der Waals surface area contributed by atoms with Crippen LogP contribution in [-0.4, -0.2) is 104 Å². The average Bonchev–Trinajstić information content (AvgIpc) is 3.95. The summed E-state index contributed by atoms with van der Waals surface area (Å²) in [5.74, 6) is -2.77. The molecule has 18 heteroatoms. The SMILES string of the molecule is CC(C)(C)OC(=O)CC[C@H](NC(=O)N[C@@H](CCCCn1cc(COCCCCCCCC(=O)C[C@@H](Cc2ccccc2)C(=O)NC(Cc2ccccc2)C(=O)CCCNCc2ccccc2)nn1)C(=O)OC(C)(C)C)C(=O)OC(C)(C)C. The standard InChI is InChI=1S/C64H93N7O11/c1-62(2,3)80-57(74)37-36-54(60(77)82-64(7,8)9)68-61(78)67-53(59(76)81-63(4,5)6)34-23-24-39-71-45-51(69-70-71)46-79-40-25-12-10-11-22-33-52(72)43-50(41-47-27-16-13-17-28-47)58(75)66-55(42-48-29-18-14-19-30-48)56(73)35-26-38-65-44-49-31-20-15-21-32-49/h13-21,27-32,45,50,53-55,65H,10-12,22-26,33-44,46H2,1-9H3,(H,66,75)(H2,67,68,78)/t50-,53+,54+,55?/m1/s1. The third-order valence-corrected chi connectivity index (χ3v) is 12.9. The Morgan fingerprint density at radius 2 is 1.10 bits per heavy atom. The fraction of sp³-hybridized carbons (Fsp3) is 0.578. The van der Waals surface area contributed by atoms with E-state index in [2.05, 4.69) is 43.7 Å². The zero-order valence-electron chi connectivity index (χ0n) is 50.2. The molecule has 0 aliphatic rings. The van der Waals surface area contributed by atoms with E-state index in [1.807, 2.05) is 85.1 Å². The summed E-state index contributed by atoms with van der Waals surface area (Å²) in [6.07, 6.45) is 9.45. The topological polar surface area (TPSA) is 235 Å². The van der Waals surface area contributed by atoms with E-state index in [4.69, 9.17) is 18.9 Å². The zero-order chi connectivity index (χ0) is 60.0. The number of Topliss-reactive ketones (excluding diaryl/α,β-unsaturated/α-hetero) is 2. The second-order valence-corrected chi connectivity index (χ2v) is 24.1. The van der Waals surface area contributed by atoms with Gasteiger partial charge in [0.1, 0.15) is 40.4 Å². The third kappa shape index (κ3) is 29.8. The average molecular weight is 1140 g/mol. The summed E-state index contributed by atoms with van der Waals surface area (Å²) in [6, 6.07) is 25.8. The molecular formula is C64H93N7O11. The van der Waals surface area contributed by atoms with Gasteiger partial charge in [0.25, 0.3) is 0 Å². The molecular weight excluding hydrogens is 1040 g/mol. The molecule has 0 fully saturated rings. The summed E-state index contributed by atoms with van der Waals surface area (Å²) < 4.78 is 24.1. The number of carbonyl (C=O) groups is 7. The van der Waals surface area contributed by atoms with Gasteiger partial charge in [-0.3, -0.25) is 23.9 Å². The minimum absolute atomic E-state index is 0.0263. The lowest BCUT2D eigenvalue weighted by Crippen LogP contribution is -2.53. The number of urea groups is 1. The van der Waals surface area contributed by atoms with Crippen LogP contribution >= 0.6 is 0 Å². The van der Waals surface area contributed by atoms with E-state index >= 15 is 0 Å². The second-order valence-electron chi connectivity index (χ2n) is 24.1. The highest BCUT2D eigenvalue weighted by Gasteiger charge is 2.32. The fourth-order valence-electron chi connectivity index (χ4n) is 8.93. The molecule has 0 aliphatic carbocycles. The highest BCUT2D eigenvalue weighted by Crippen LogP contribution is 2.20. The molecule has 0 bridgehead atoms. The molecule has 0 aliphatic heterocycles. The van der Waals surface area contributed by atoms with Gasteiger partial charge in [0.05, 0.1) is 18.8 Å². The number of nitrogens with zero attached hydrogens (tertiary/aromatic N) is 3. The molecule has 4 rings (SSSR count). The monoisotopic (exact) mass is 1140 g/mol. The summed E-state index contributed by atoms with van der Waals surface area (Å²) in [7, 11) is 0. The van der Waals surface area contributed by atoms with Crippen LogP contribution in [0.15, 0.2) is 97.2 Å². The van der Waals surface area contributed by atoms with Crippen LogP contribution in [0.4, 0.5) is 4.79 Å². The number of hydrogen-bond donors (Lipinski definition) is 4. The first-order chi connectivity index (χ1) is 38.9. The van der Waals surface area contributed by atoms with Gasteiger partial charge in [0.2, 0.25) is 5.91 Å².